The molecule has 0 aliphatic heterocycles. The van der Waals surface area contributed by atoms with E-state index in [1.807, 2.05) is 0 Å². The van der Waals surface area contributed by atoms with Crippen LogP contribution in [0.3, 0.4) is 0 Å². The van der Waals surface area contributed by atoms with Crippen LogP contribution in [0.25, 0.3) is 0 Å². The third kappa shape index (κ3) is 4.69. The number of sulfonamides is 1. The van der Waals surface area contributed by atoms with E-state index in [0.29, 0.717) is 0 Å². The quantitative estimate of drug-likeness (QED) is 0.823. The molecule has 6 nitrogen and oxygen atoms in total. The van der Waals surface area contributed by atoms with E-state index in [2.05, 4.69) is 10.0 Å². The molecule has 0 heterocycles. The SMILES string of the molecule is COc1ccc(S(=O)(=O)Nc2cccc(F)c2)cc1C(=O)NC(C)C. The number of carbonyl (C=O) groups excluding carboxylic acids is 1. The molecule has 2 aromatic rings. The molecule has 0 radical (unpaired) electrons. The van der Waals surface area contributed by atoms with Gasteiger partial charge in [-0.05, 0) is 50.2 Å². The van der Waals surface area contributed by atoms with Crippen molar-refractivity contribution in [3.05, 3.63) is 53.8 Å². The maximum atomic E-state index is 13.2. The van der Waals surface area contributed by atoms with Crippen molar-refractivity contribution < 1.29 is 22.3 Å². The fraction of sp³-hybridized carbons (Fsp3) is 0.235. The summed E-state index contributed by atoms with van der Waals surface area (Å²) in [6.07, 6.45) is 0. The van der Waals surface area contributed by atoms with Crippen molar-refractivity contribution in [1.82, 2.24) is 5.32 Å². The zero-order valence-corrected chi connectivity index (χ0v) is 14.9. The number of nitrogens with one attached hydrogen (secondary N) is 2. The first kappa shape index (κ1) is 18.7. The van der Waals surface area contributed by atoms with Crippen LogP contribution >= 0.6 is 0 Å². The molecular weight excluding hydrogens is 347 g/mol. The highest BCUT2D eigenvalue weighted by atomic mass is 32.2. The average molecular weight is 366 g/mol. The molecule has 0 aliphatic rings. The number of carbonyl (C=O) groups is 1. The summed E-state index contributed by atoms with van der Waals surface area (Å²) in [5.74, 6) is -0.760. The number of rotatable bonds is 6. The van der Waals surface area contributed by atoms with Gasteiger partial charge < -0.3 is 10.1 Å². The lowest BCUT2D eigenvalue weighted by molar-refractivity contribution is 0.0940. The van der Waals surface area contributed by atoms with Gasteiger partial charge in [-0.25, -0.2) is 12.8 Å². The number of anilines is 1. The molecule has 2 N–H and O–H groups in total. The van der Waals surface area contributed by atoms with Crippen LogP contribution in [0.5, 0.6) is 5.75 Å². The highest BCUT2D eigenvalue weighted by molar-refractivity contribution is 7.92. The number of benzene rings is 2. The number of halogens is 1. The van der Waals surface area contributed by atoms with E-state index < -0.39 is 21.7 Å². The van der Waals surface area contributed by atoms with E-state index in [1.54, 1.807) is 13.8 Å². The van der Waals surface area contributed by atoms with Crippen molar-refractivity contribution in [3.8, 4) is 5.75 Å². The van der Waals surface area contributed by atoms with Crippen LogP contribution in [-0.4, -0.2) is 27.5 Å². The fourth-order valence-electron chi connectivity index (χ4n) is 2.14. The Hall–Kier alpha value is -2.61. The van der Waals surface area contributed by atoms with Crippen LogP contribution < -0.4 is 14.8 Å². The van der Waals surface area contributed by atoms with Gasteiger partial charge in [-0.2, -0.15) is 0 Å². The molecule has 0 fully saturated rings. The average Bonchev–Trinajstić information content (AvgIpc) is 2.53. The Labute approximate surface area is 146 Å². The Bertz CT molecular complexity index is 882. The van der Waals surface area contributed by atoms with Crippen molar-refractivity contribution in [2.75, 3.05) is 11.8 Å². The molecule has 25 heavy (non-hydrogen) atoms. The molecule has 2 rings (SSSR count). The van der Waals surface area contributed by atoms with Gasteiger partial charge in [0.25, 0.3) is 15.9 Å². The van der Waals surface area contributed by atoms with E-state index in [1.165, 1.54) is 43.5 Å². The van der Waals surface area contributed by atoms with Crippen LogP contribution in [0.15, 0.2) is 47.4 Å². The molecule has 1 amide bonds. The molecule has 0 bridgehead atoms. The van der Waals surface area contributed by atoms with Gasteiger partial charge in [0.2, 0.25) is 0 Å². The normalized spacial score (nSPS) is 11.2. The largest absolute Gasteiger partial charge is 0.496 e. The van der Waals surface area contributed by atoms with Crippen molar-refractivity contribution in [3.63, 3.8) is 0 Å². The van der Waals surface area contributed by atoms with Crippen molar-refractivity contribution in [1.29, 1.82) is 0 Å². The maximum Gasteiger partial charge on any atom is 0.261 e. The van der Waals surface area contributed by atoms with Gasteiger partial charge in [0, 0.05) is 6.04 Å². The molecule has 0 aromatic heterocycles. The number of methoxy groups -OCH3 is 1. The number of amides is 1. The van der Waals surface area contributed by atoms with E-state index in [4.69, 9.17) is 4.74 Å². The second-order valence-electron chi connectivity index (χ2n) is 5.61. The topological polar surface area (TPSA) is 84.5 Å². The van der Waals surface area contributed by atoms with Gasteiger partial charge in [-0.15, -0.1) is 0 Å². The minimum Gasteiger partial charge on any atom is -0.496 e. The zero-order chi connectivity index (χ0) is 18.6. The first-order chi connectivity index (χ1) is 11.7. The Morgan fingerprint density at radius 1 is 1.16 bits per heavy atom. The fourth-order valence-corrected chi connectivity index (χ4v) is 3.21. The first-order valence-corrected chi connectivity index (χ1v) is 8.98. The molecule has 0 saturated heterocycles. The van der Waals surface area contributed by atoms with Gasteiger partial charge in [-0.3, -0.25) is 9.52 Å². The lowest BCUT2D eigenvalue weighted by Gasteiger charge is -2.14. The Balaban J connectivity index is 2.39. The molecule has 0 saturated carbocycles. The highest BCUT2D eigenvalue weighted by Gasteiger charge is 2.20. The summed E-state index contributed by atoms with van der Waals surface area (Å²) in [5.41, 5.74) is 0.183. The van der Waals surface area contributed by atoms with Crippen molar-refractivity contribution >= 4 is 21.6 Å². The second kappa shape index (κ2) is 7.52. The van der Waals surface area contributed by atoms with Gasteiger partial charge in [-0.1, -0.05) is 6.07 Å². The standard InChI is InChI=1S/C17H19FN2O4S/c1-11(2)19-17(21)15-10-14(7-8-16(15)24-3)25(22,23)20-13-6-4-5-12(18)9-13/h4-11,20H,1-3H3,(H,19,21). The number of ether oxygens (including phenoxy) is 1. The molecular formula is C17H19FN2O4S. The minimum atomic E-state index is -3.99. The third-order valence-electron chi connectivity index (χ3n) is 3.22. The smallest absolute Gasteiger partial charge is 0.261 e. The molecule has 0 aliphatic carbocycles. The molecule has 0 atom stereocenters. The number of hydrogen-bond acceptors (Lipinski definition) is 4. The predicted molar refractivity (Wildman–Crippen MR) is 92.8 cm³/mol. The third-order valence-corrected chi connectivity index (χ3v) is 4.60. The van der Waals surface area contributed by atoms with Gasteiger partial charge in [0.15, 0.2) is 0 Å². The van der Waals surface area contributed by atoms with E-state index >= 15 is 0 Å². The van der Waals surface area contributed by atoms with Gasteiger partial charge in [0.1, 0.15) is 11.6 Å². The summed E-state index contributed by atoms with van der Waals surface area (Å²) in [7, 11) is -2.60. The first-order valence-electron chi connectivity index (χ1n) is 7.50. The molecule has 0 spiro atoms. The summed E-state index contributed by atoms with van der Waals surface area (Å²) in [6, 6.07) is 8.90. The van der Waals surface area contributed by atoms with Crippen LogP contribution in [0.4, 0.5) is 10.1 Å². The van der Waals surface area contributed by atoms with E-state index in [-0.39, 0.29) is 27.9 Å². The highest BCUT2D eigenvalue weighted by Crippen LogP contribution is 2.24. The molecule has 8 heteroatoms. The van der Waals surface area contributed by atoms with Gasteiger partial charge in [0.05, 0.1) is 23.3 Å². The molecule has 134 valence electrons. The monoisotopic (exact) mass is 366 g/mol. The summed E-state index contributed by atoms with van der Waals surface area (Å²) < 4.78 is 45.6. The van der Waals surface area contributed by atoms with Crippen LogP contribution in [-0.2, 0) is 10.0 Å². The summed E-state index contributed by atoms with van der Waals surface area (Å²) >= 11 is 0. The lowest BCUT2D eigenvalue weighted by atomic mass is 10.2. The van der Waals surface area contributed by atoms with Crippen LogP contribution in [0.1, 0.15) is 24.2 Å². The maximum absolute atomic E-state index is 13.2. The van der Waals surface area contributed by atoms with Crippen molar-refractivity contribution in [2.45, 2.75) is 24.8 Å². The van der Waals surface area contributed by atoms with Crippen LogP contribution in [0, 0.1) is 5.82 Å². The summed E-state index contributed by atoms with van der Waals surface area (Å²) in [4.78, 5) is 12.1. The second-order valence-corrected chi connectivity index (χ2v) is 7.29. The summed E-state index contributed by atoms with van der Waals surface area (Å²) in [5, 5.41) is 2.69. The van der Waals surface area contributed by atoms with Gasteiger partial charge >= 0.3 is 0 Å². The zero-order valence-electron chi connectivity index (χ0n) is 14.0. The minimum absolute atomic E-state index is 0.0870. The molecule has 2 aromatic carbocycles. The Morgan fingerprint density at radius 2 is 1.88 bits per heavy atom. The predicted octanol–water partition coefficient (Wildman–Crippen LogP) is 2.77. The lowest BCUT2D eigenvalue weighted by Crippen LogP contribution is -2.30. The van der Waals surface area contributed by atoms with Crippen LogP contribution in [0.2, 0.25) is 0 Å². The van der Waals surface area contributed by atoms with E-state index in [0.717, 1.165) is 6.07 Å². The van der Waals surface area contributed by atoms with E-state index in [9.17, 15) is 17.6 Å². The Kier molecular flexibility index (Phi) is 5.63. The Morgan fingerprint density at radius 3 is 2.48 bits per heavy atom. The summed E-state index contributed by atoms with van der Waals surface area (Å²) in [6.45, 7) is 3.58. The molecule has 0 unspecified atom stereocenters. The van der Waals surface area contributed by atoms with Crippen molar-refractivity contribution in [2.24, 2.45) is 0 Å². The number of hydrogen-bond donors (Lipinski definition) is 2.